The van der Waals surface area contributed by atoms with E-state index in [0.717, 1.165) is 53.9 Å². The average molecular weight is 310 g/mol. The summed E-state index contributed by atoms with van der Waals surface area (Å²) in [6.07, 6.45) is 2.23. The third-order valence-corrected chi connectivity index (χ3v) is 5.08. The number of nitrogens with two attached hydrogens (primary N) is 1. The van der Waals surface area contributed by atoms with E-state index in [1.54, 1.807) is 11.3 Å². The number of hydrogen-bond acceptors (Lipinski definition) is 7. The minimum atomic E-state index is 0.565. The van der Waals surface area contributed by atoms with Crippen molar-refractivity contribution in [2.45, 2.75) is 19.8 Å². The second kappa shape index (κ2) is 6.07. The Morgan fingerprint density at radius 2 is 2.25 bits per heavy atom. The van der Waals surface area contributed by atoms with Crippen LogP contribution in [0.1, 0.15) is 17.8 Å². The molecule has 3 rings (SSSR count). The van der Waals surface area contributed by atoms with Crippen molar-refractivity contribution in [1.82, 2.24) is 9.36 Å². The van der Waals surface area contributed by atoms with Crippen molar-refractivity contribution in [3.63, 3.8) is 0 Å². The lowest BCUT2D eigenvalue weighted by atomic mass is 10.0. The maximum absolute atomic E-state index is 6.00. The third-order valence-electron chi connectivity index (χ3n) is 3.49. The first kappa shape index (κ1) is 13.8. The van der Waals surface area contributed by atoms with Crippen LogP contribution < -0.4 is 11.1 Å². The van der Waals surface area contributed by atoms with E-state index in [-0.39, 0.29) is 0 Å². The van der Waals surface area contributed by atoms with Crippen LogP contribution in [0.25, 0.3) is 11.3 Å². The lowest BCUT2D eigenvalue weighted by molar-refractivity contribution is 0.0699. The number of nitrogens with one attached hydrogen (secondary N) is 1. The normalized spacial score (nSPS) is 16.4. The van der Waals surface area contributed by atoms with Gasteiger partial charge in [0.25, 0.3) is 0 Å². The van der Waals surface area contributed by atoms with Gasteiger partial charge in [0.1, 0.15) is 10.8 Å². The molecule has 5 nitrogen and oxygen atoms in total. The topological polar surface area (TPSA) is 73.1 Å². The molecule has 2 aromatic rings. The summed E-state index contributed by atoms with van der Waals surface area (Å²) in [5.41, 5.74) is 7.87. The molecule has 0 spiro atoms. The van der Waals surface area contributed by atoms with Crippen molar-refractivity contribution in [3.8, 4) is 11.3 Å². The van der Waals surface area contributed by atoms with Gasteiger partial charge in [-0.3, -0.25) is 0 Å². The first-order valence-electron chi connectivity index (χ1n) is 6.73. The highest BCUT2D eigenvalue weighted by Crippen LogP contribution is 2.37. The van der Waals surface area contributed by atoms with Crippen LogP contribution >= 0.6 is 22.9 Å². The quantitative estimate of drug-likeness (QED) is 0.908. The number of nitrogen functional groups attached to an aromatic ring is 1. The summed E-state index contributed by atoms with van der Waals surface area (Å²) in [4.78, 5) is 4.51. The van der Waals surface area contributed by atoms with Crippen LogP contribution in [-0.2, 0) is 4.74 Å². The lowest BCUT2D eigenvalue weighted by Gasteiger charge is -2.22. The monoisotopic (exact) mass is 310 g/mol. The van der Waals surface area contributed by atoms with Crippen LogP contribution in [-0.4, -0.2) is 29.1 Å². The largest absolute Gasteiger partial charge is 0.382 e. The molecule has 2 aromatic heterocycles. The van der Waals surface area contributed by atoms with E-state index in [1.165, 1.54) is 11.5 Å². The molecular weight excluding hydrogens is 292 g/mol. The van der Waals surface area contributed by atoms with E-state index in [2.05, 4.69) is 14.7 Å². The Hall–Kier alpha value is -1.18. The molecule has 0 atom stereocenters. The van der Waals surface area contributed by atoms with Crippen molar-refractivity contribution < 1.29 is 4.74 Å². The van der Waals surface area contributed by atoms with Crippen LogP contribution in [0.5, 0.6) is 0 Å². The first-order valence-corrected chi connectivity index (χ1v) is 8.38. The average Bonchev–Trinajstić information content (AvgIpc) is 3.03. The standard InChI is InChI=1S/C13H18N4OS2/c1-8-16-10(7-19-8)11-12(14)17-20-13(11)15-6-9-2-4-18-5-3-9/h7,9,15H,2-6H2,1H3,(H2,14,17). The van der Waals surface area contributed by atoms with Crippen molar-refractivity contribution in [1.29, 1.82) is 0 Å². The van der Waals surface area contributed by atoms with E-state index in [1.807, 2.05) is 12.3 Å². The Labute approximate surface area is 126 Å². The Morgan fingerprint density at radius 1 is 1.45 bits per heavy atom. The van der Waals surface area contributed by atoms with Gasteiger partial charge in [0.2, 0.25) is 0 Å². The molecule has 7 heteroatoms. The zero-order chi connectivity index (χ0) is 13.9. The number of aryl methyl sites for hydroxylation is 1. The molecule has 1 fully saturated rings. The zero-order valence-corrected chi connectivity index (χ0v) is 13.0. The molecule has 0 aliphatic carbocycles. The van der Waals surface area contributed by atoms with Crippen LogP contribution in [0.2, 0.25) is 0 Å². The highest BCUT2D eigenvalue weighted by atomic mass is 32.1. The Kier molecular flexibility index (Phi) is 4.18. The van der Waals surface area contributed by atoms with Gasteiger partial charge >= 0.3 is 0 Å². The SMILES string of the molecule is Cc1nc(-c2c(N)nsc2NCC2CCOCC2)cs1. The van der Waals surface area contributed by atoms with Gasteiger partial charge in [-0.05, 0) is 37.2 Å². The molecule has 1 saturated heterocycles. The summed E-state index contributed by atoms with van der Waals surface area (Å²) in [5, 5.41) is 7.60. The van der Waals surface area contributed by atoms with Crippen molar-refractivity contribution >= 4 is 33.7 Å². The third kappa shape index (κ3) is 2.94. The zero-order valence-electron chi connectivity index (χ0n) is 11.4. The van der Waals surface area contributed by atoms with Gasteiger partial charge in [0.15, 0.2) is 0 Å². The number of anilines is 2. The van der Waals surface area contributed by atoms with Gasteiger partial charge in [-0.15, -0.1) is 11.3 Å². The fourth-order valence-corrected chi connectivity index (χ4v) is 3.67. The predicted octanol–water partition coefficient (Wildman–Crippen LogP) is 3.00. The number of hydrogen-bond donors (Lipinski definition) is 2. The lowest BCUT2D eigenvalue weighted by Crippen LogP contribution is -2.22. The Morgan fingerprint density at radius 3 is 2.95 bits per heavy atom. The summed E-state index contributed by atoms with van der Waals surface area (Å²) in [6, 6.07) is 0. The smallest absolute Gasteiger partial charge is 0.148 e. The van der Waals surface area contributed by atoms with Crippen LogP contribution in [0.15, 0.2) is 5.38 Å². The maximum atomic E-state index is 6.00. The molecule has 20 heavy (non-hydrogen) atoms. The van der Waals surface area contributed by atoms with Crippen LogP contribution in [0.4, 0.5) is 10.8 Å². The van der Waals surface area contributed by atoms with Crippen molar-refractivity contribution in [3.05, 3.63) is 10.4 Å². The van der Waals surface area contributed by atoms with E-state index in [0.29, 0.717) is 11.7 Å². The number of rotatable bonds is 4. The van der Waals surface area contributed by atoms with Crippen molar-refractivity contribution in [2.24, 2.45) is 5.92 Å². The van der Waals surface area contributed by atoms with Gasteiger partial charge in [-0.25, -0.2) is 4.98 Å². The van der Waals surface area contributed by atoms with Gasteiger partial charge in [0.05, 0.1) is 16.3 Å². The second-order valence-corrected chi connectivity index (χ2v) is 6.80. The summed E-state index contributed by atoms with van der Waals surface area (Å²) in [6.45, 7) is 4.69. The first-order chi connectivity index (χ1) is 9.74. The van der Waals surface area contributed by atoms with Gasteiger partial charge in [0, 0.05) is 25.1 Å². The van der Waals surface area contributed by atoms with Crippen LogP contribution in [0.3, 0.4) is 0 Å². The molecule has 3 heterocycles. The molecule has 0 radical (unpaired) electrons. The Bertz CT molecular complexity index is 575. The second-order valence-electron chi connectivity index (χ2n) is 4.96. The molecule has 0 aromatic carbocycles. The highest BCUT2D eigenvalue weighted by molar-refractivity contribution is 7.11. The number of ether oxygens (including phenoxy) is 1. The van der Waals surface area contributed by atoms with Crippen LogP contribution in [0, 0.1) is 12.8 Å². The molecule has 3 N–H and O–H groups in total. The molecule has 0 amide bonds. The number of aromatic nitrogens is 2. The molecule has 0 bridgehead atoms. The highest BCUT2D eigenvalue weighted by Gasteiger charge is 2.18. The molecular formula is C13H18N4OS2. The number of nitrogens with zero attached hydrogens (tertiary/aromatic N) is 2. The van der Waals surface area contributed by atoms with E-state index < -0.39 is 0 Å². The van der Waals surface area contributed by atoms with Gasteiger partial charge in [-0.1, -0.05) is 0 Å². The molecule has 0 saturated carbocycles. The van der Waals surface area contributed by atoms with E-state index in [9.17, 15) is 0 Å². The summed E-state index contributed by atoms with van der Waals surface area (Å²) in [7, 11) is 0. The summed E-state index contributed by atoms with van der Waals surface area (Å²) in [5.74, 6) is 1.23. The Balaban J connectivity index is 1.73. The predicted molar refractivity (Wildman–Crippen MR) is 84.4 cm³/mol. The molecule has 1 aliphatic rings. The maximum Gasteiger partial charge on any atom is 0.148 e. The molecule has 108 valence electrons. The fraction of sp³-hybridized carbons (Fsp3) is 0.538. The molecule has 1 aliphatic heterocycles. The minimum Gasteiger partial charge on any atom is -0.382 e. The minimum absolute atomic E-state index is 0.565. The van der Waals surface area contributed by atoms with Gasteiger partial charge < -0.3 is 15.8 Å². The van der Waals surface area contributed by atoms with E-state index in [4.69, 9.17) is 10.5 Å². The summed E-state index contributed by atoms with van der Waals surface area (Å²) < 4.78 is 9.65. The van der Waals surface area contributed by atoms with Crippen molar-refractivity contribution in [2.75, 3.05) is 30.8 Å². The van der Waals surface area contributed by atoms with Gasteiger partial charge in [-0.2, -0.15) is 4.37 Å². The summed E-state index contributed by atoms with van der Waals surface area (Å²) >= 11 is 3.05. The fourth-order valence-electron chi connectivity index (χ4n) is 2.34. The molecule has 0 unspecified atom stereocenters. The number of thiazole rings is 1. The van der Waals surface area contributed by atoms with E-state index >= 15 is 0 Å².